The SMILES string of the molecule is NC(=O)C[S+]([O-])Cc1cncc(Br)c1. The molecule has 0 aliphatic rings. The molecule has 1 unspecified atom stereocenters. The molecule has 1 aromatic heterocycles. The summed E-state index contributed by atoms with van der Waals surface area (Å²) in [5.74, 6) is -0.353. The maximum absolute atomic E-state index is 11.3. The lowest BCUT2D eigenvalue weighted by atomic mass is 10.3. The molecule has 0 bridgehead atoms. The molecule has 0 aliphatic carbocycles. The second-order valence-corrected chi connectivity index (χ2v) is 5.08. The van der Waals surface area contributed by atoms with Crippen LogP contribution in [0.25, 0.3) is 0 Å². The van der Waals surface area contributed by atoms with Crippen LogP contribution in [0.5, 0.6) is 0 Å². The number of primary amides is 1. The first-order valence-corrected chi connectivity index (χ1v) is 6.09. The number of amides is 1. The van der Waals surface area contributed by atoms with Gasteiger partial charge in [0.05, 0.1) is 0 Å². The van der Waals surface area contributed by atoms with E-state index >= 15 is 0 Å². The number of pyridine rings is 1. The van der Waals surface area contributed by atoms with Gasteiger partial charge < -0.3 is 10.3 Å². The third-order valence-electron chi connectivity index (χ3n) is 1.39. The van der Waals surface area contributed by atoms with Crippen molar-refractivity contribution in [2.45, 2.75) is 5.75 Å². The van der Waals surface area contributed by atoms with Gasteiger partial charge in [-0.1, -0.05) is 0 Å². The van der Waals surface area contributed by atoms with Crippen molar-refractivity contribution in [2.24, 2.45) is 5.73 Å². The number of rotatable bonds is 4. The molecule has 0 spiro atoms. The standard InChI is InChI=1S/C8H9BrN2O2S/c9-7-1-6(2-11-3-7)4-14(13)5-8(10)12/h1-3H,4-5H2,(H2,10,12). The molecule has 76 valence electrons. The first-order valence-electron chi connectivity index (χ1n) is 3.80. The summed E-state index contributed by atoms with van der Waals surface area (Å²) in [5.41, 5.74) is 5.74. The highest BCUT2D eigenvalue weighted by Crippen LogP contribution is 2.12. The van der Waals surface area contributed by atoms with Gasteiger partial charge in [0.25, 0.3) is 5.91 Å². The van der Waals surface area contributed by atoms with Gasteiger partial charge in [0.15, 0.2) is 5.75 Å². The predicted octanol–water partition coefficient (Wildman–Crippen LogP) is 0.578. The van der Waals surface area contributed by atoms with Crippen LogP contribution in [0.4, 0.5) is 0 Å². The van der Waals surface area contributed by atoms with Crippen molar-refractivity contribution in [3.63, 3.8) is 0 Å². The van der Waals surface area contributed by atoms with Crippen LogP contribution in [0.1, 0.15) is 5.56 Å². The lowest BCUT2D eigenvalue weighted by Crippen LogP contribution is -2.24. The van der Waals surface area contributed by atoms with Crippen molar-refractivity contribution < 1.29 is 9.35 Å². The molecule has 0 radical (unpaired) electrons. The van der Waals surface area contributed by atoms with Crippen molar-refractivity contribution in [2.75, 3.05) is 5.75 Å². The zero-order valence-electron chi connectivity index (χ0n) is 7.27. The summed E-state index contributed by atoms with van der Waals surface area (Å²) < 4.78 is 12.1. The summed E-state index contributed by atoms with van der Waals surface area (Å²) in [6.45, 7) is 0. The van der Waals surface area contributed by atoms with E-state index in [4.69, 9.17) is 5.73 Å². The normalized spacial score (nSPS) is 12.4. The number of aromatic nitrogens is 1. The minimum atomic E-state index is -1.24. The topological polar surface area (TPSA) is 79.0 Å². The lowest BCUT2D eigenvalue weighted by Gasteiger charge is -2.08. The first-order chi connectivity index (χ1) is 6.58. The third kappa shape index (κ3) is 4.08. The van der Waals surface area contributed by atoms with Gasteiger partial charge in [-0.3, -0.25) is 9.78 Å². The van der Waals surface area contributed by atoms with Crippen LogP contribution in [0.3, 0.4) is 0 Å². The number of hydrogen-bond acceptors (Lipinski definition) is 3. The Morgan fingerprint density at radius 2 is 2.36 bits per heavy atom. The fourth-order valence-corrected chi connectivity index (χ4v) is 2.29. The first kappa shape index (κ1) is 11.5. The van der Waals surface area contributed by atoms with Crippen molar-refractivity contribution in [1.29, 1.82) is 0 Å². The molecule has 14 heavy (non-hydrogen) atoms. The Morgan fingerprint density at radius 3 is 2.93 bits per heavy atom. The van der Waals surface area contributed by atoms with Gasteiger partial charge in [0.1, 0.15) is 5.75 Å². The van der Waals surface area contributed by atoms with Gasteiger partial charge in [-0.2, -0.15) is 0 Å². The summed E-state index contributed by atoms with van der Waals surface area (Å²) >= 11 is 2.01. The minimum Gasteiger partial charge on any atom is -0.616 e. The van der Waals surface area contributed by atoms with Gasteiger partial charge in [-0.05, 0) is 33.2 Å². The van der Waals surface area contributed by atoms with E-state index < -0.39 is 17.1 Å². The molecule has 0 saturated carbocycles. The van der Waals surface area contributed by atoms with E-state index in [1.165, 1.54) is 0 Å². The molecule has 4 nitrogen and oxygen atoms in total. The molecular formula is C8H9BrN2O2S. The van der Waals surface area contributed by atoms with E-state index in [0.717, 1.165) is 10.0 Å². The molecule has 1 heterocycles. The second-order valence-electron chi connectivity index (χ2n) is 2.71. The zero-order chi connectivity index (χ0) is 10.6. The minimum absolute atomic E-state index is 0.105. The number of carbonyl (C=O) groups excluding carboxylic acids is 1. The Balaban J connectivity index is 2.55. The highest BCUT2D eigenvalue weighted by Gasteiger charge is 2.11. The van der Waals surface area contributed by atoms with E-state index in [2.05, 4.69) is 20.9 Å². The number of nitrogens with two attached hydrogens (primary N) is 1. The molecular weight excluding hydrogens is 268 g/mol. The van der Waals surface area contributed by atoms with E-state index in [0.29, 0.717) is 5.75 Å². The van der Waals surface area contributed by atoms with Crippen LogP contribution in [0.15, 0.2) is 22.9 Å². The van der Waals surface area contributed by atoms with Crippen LogP contribution >= 0.6 is 15.9 Å². The van der Waals surface area contributed by atoms with Crippen molar-refractivity contribution in [3.05, 3.63) is 28.5 Å². The van der Waals surface area contributed by atoms with Crippen LogP contribution in [0, 0.1) is 0 Å². The van der Waals surface area contributed by atoms with E-state index in [9.17, 15) is 9.35 Å². The molecule has 2 N–H and O–H groups in total. The number of nitrogens with zero attached hydrogens (tertiary/aromatic N) is 1. The molecule has 0 fully saturated rings. The summed E-state index contributed by atoms with van der Waals surface area (Å²) in [4.78, 5) is 14.4. The van der Waals surface area contributed by atoms with E-state index in [1.54, 1.807) is 12.4 Å². The summed E-state index contributed by atoms with van der Waals surface area (Å²) in [6, 6.07) is 1.81. The van der Waals surface area contributed by atoms with Crippen molar-refractivity contribution in [1.82, 2.24) is 4.98 Å². The smallest absolute Gasteiger partial charge is 0.267 e. The van der Waals surface area contributed by atoms with E-state index in [1.807, 2.05) is 6.07 Å². The van der Waals surface area contributed by atoms with Gasteiger partial charge in [-0.15, -0.1) is 0 Å². The monoisotopic (exact) mass is 276 g/mol. The largest absolute Gasteiger partial charge is 0.616 e. The molecule has 1 atom stereocenters. The van der Waals surface area contributed by atoms with Crippen LogP contribution in [-0.2, 0) is 21.7 Å². The average Bonchev–Trinajstić information content (AvgIpc) is 2.01. The van der Waals surface area contributed by atoms with Crippen LogP contribution in [-0.4, -0.2) is 21.2 Å². The Labute approximate surface area is 93.2 Å². The Bertz CT molecular complexity index is 335. The quantitative estimate of drug-likeness (QED) is 0.817. The molecule has 0 aromatic carbocycles. The van der Waals surface area contributed by atoms with Gasteiger partial charge in [-0.25, -0.2) is 0 Å². The summed E-state index contributed by atoms with van der Waals surface area (Å²) in [7, 11) is 0. The van der Waals surface area contributed by atoms with Crippen molar-refractivity contribution in [3.8, 4) is 0 Å². The van der Waals surface area contributed by atoms with Gasteiger partial charge in [0, 0.05) is 22.4 Å². The Hall–Kier alpha value is -0.590. The lowest BCUT2D eigenvalue weighted by molar-refractivity contribution is -0.115. The number of hydrogen-bond donors (Lipinski definition) is 1. The molecule has 0 saturated heterocycles. The highest BCUT2D eigenvalue weighted by atomic mass is 79.9. The van der Waals surface area contributed by atoms with Gasteiger partial charge >= 0.3 is 0 Å². The average molecular weight is 277 g/mol. The molecule has 6 heteroatoms. The Morgan fingerprint density at radius 1 is 1.64 bits per heavy atom. The maximum Gasteiger partial charge on any atom is 0.267 e. The zero-order valence-corrected chi connectivity index (χ0v) is 9.68. The summed E-state index contributed by atoms with van der Waals surface area (Å²) in [6.07, 6.45) is 3.25. The van der Waals surface area contributed by atoms with Crippen LogP contribution < -0.4 is 5.73 Å². The highest BCUT2D eigenvalue weighted by molar-refractivity contribution is 9.10. The van der Waals surface area contributed by atoms with E-state index in [-0.39, 0.29) is 5.75 Å². The Kier molecular flexibility index (Phi) is 4.37. The summed E-state index contributed by atoms with van der Waals surface area (Å²) in [5, 5.41) is 0. The molecule has 0 aliphatic heterocycles. The second kappa shape index (κ2) is 5.33. The predicted molar refractivity (Wildman–Crippen MR) is 57.8 cm³/mol. The number of halogens is 1. The fourth-order valence-electron chi connectivity index (χ4n) is 0.930. The van der Waals surface area contributed by atoms with Crippen molar-refractivity contribution >= 4 is 33.0 Å². The molecule has 1 amide bonds. The maximum atomic E-state index is 11.3. The molecule has 1 rings (SSSR count). The molecule has 1 aromatic rings. The fraction of sp³-hybridized carbons (Fsp3) is 0.250. The van der Waals surface area contributed by atoms with Crippen LogP contribution in [0.2, 0.25) is 0 Å². The third-order valence-corrected chi connectivity index (χ3v) is 3.09. The van der Waals surface area contributed by atoms with Gasteiger partial charge in [0.2, 0.25) is 0 Å². The number of carbonyl (C=O) groups is 1.